The SMILES string of the molecule is Cc1cccc(O)c1.Cc1cccc([C@@]2(S)O[C@H](CO)[C@@H](O)[C@H](O)[C@H]2O)c1.OC[C@H]1O[C@H](S)[C@H](O)[C@@H](O)[C@@H]1O. The quantitative estimate of drug-likeness (QED) is 0.195. The van der Waals surface area contributed by atoms with Crippen molar-refractivity contribution in [1.29, 1.82) is 0 Å². The number of aromatic hydroxyl groups is 1. The highest BCUT2D eigenvalue weighted by Gasteiger charge is 2.52. The number of phenolic OH excluding ortho intramolecular Hbond substituents is 1. The molecule has 10 atom stereocenters. The summed E-state index contributed by atoms with van der Waals surface area (Å²) < 4.78 is 10.4. The summed E-state index contributed by atoms with van der Waals surface area (Å²) in [6.07, 6.45) is -9.91. The van der Waals surface area contributed by atoms with Crippen molar-refractivity contribution >= 4 is 25.3 Å². The maximum atomic E-state index is 10.1. The first-order valence-corrected chi connectivity index (χ1v) is 13.1. The molecule has 0 saturated carbocycles. The molecule has 0 aliphatic carbocycles. The molecular formula is C26H38O11S2. The van der Waals surface area contributed by atoms with Gasteiger partial charge in [-0.05, 0) is 37.1 Å². The smallest absolute Gasteiger partial charge is 0.165 e. The van der Waals surface area contributed by atoms with Crippen molar-refractivity contribution in [3.8, 4) is 5.75 Å². The van der Waals surface area contributed by atoms with E-state index in [1.807, 2.05) is 32.0 Å². The van der Waals surface area contributed by atoms with Gasteiger partial charge in [0.25, 0.3) is 0 Å². The Balaban J connectivity index is 0.000000227. The van der Waals surface area contributed by atoms with Crippen LogP contribution in [0.1, 0.15) is 16.7 Å². The predicted molar refractivity (Wildman–Crippen MR) is 147 cm³/mol. The van der Waals surface area contributed by atoms with Crippen molar-refractivity contribution in [3.05, 3.63) is 65.2 Å². The number of aryl methyl sites for hydroxylation is 2. The zero-order chi connectivity index (χ0) is 29.5. The van der Waals surface area contributed by atoms with Crippen LogP contribution in [0.4, 0.5) is 0 Å². The molecule has 2 aliphatic rings. The minimum atomic E-state index is -1.47. The monoisotopic (exact) mass is 590 g/mol. The van der Waals surface area contributed by atoms with Gasteiger partial charge in [0.2, 0.25) is 0 Å². The molecule has 0 aromatic heterocycles. The zero-order valence-corrected chi connectivity index (χ0v) is 23.3. The van der Waals surface area contributed by atoms with E-state index in [4.69, 9.17) is 24.8 Å². The summed E-state index contributed by atoms with van der Waals surface area (Å²) in [5.41, 5.74) is 1.72. The van der Waals surface area contributed by atoms with Gasteiger partial charge in [-0.2, -0.15) is 0 Å². The van der Waals surface area contributed by atoms with Gasteiger partial charge in [0, 0.05) is 0 Å². The molecule has 2 heterocycles. The molecule has 13 heteroatoms. The third kappa shape index (κ3) is 8.52. The fourth-order valence-corrected chi connectivity index (χ4v) is 4.73. The number of aliphatic hydroxyl groups excluding tert-OH is 8. The molecule has 2 aliphatic heterocycles. The third-order valence-electron chi connectivity index (χ3n) is 6.27. The Morgan fingerprint density at radius 2 is 1.28 bits per heavy atom. The van der Waals surface area contributed by atoms with Gasteiger partial charge in [-0.15, -0.1) is 25.3 Å². The Morgan fingerprint density at radius 3 is 1.77 bits per heavy atom. The van der Waals surface area contributed by atoms with Crippen LogP contribution in [0.15, 0.2) is 48.5 Å². The van der Waals surface area contributed by atoms with Crippen molar-refractivity contribution in [2.45, 2.75) is 73.0 Å². The van der Waals surface area contributed by atoms with Crippen LogP contribution in [0.25, 0.3) is 0 Å². The van der Waals surface area contributed by atoms with Gasteiger partial charge in [-0.25, -0.2) is 0 Å². The highest BCUT2D eigenvalue weighted by molar-refractivity contribution is 7.81. The van der Waals surface area contributed by atoms with Crippen LogP contribution in [0.5, 0.6) is 5.75 Å². The lowest BCUT2D eigenvalue weighted by molar-refractivity contribution is -0.245. The van der Waals surface area contributed by atoms with Gasteiger partial charge in [0.05, 0.1) is 13.2 Å². The van der Waals surface area contributed by atoms with Crippen LogP contribution in [-0.4, -0.2) is 113 Å². The molecule has 2 aromatic carbocycles. The summed E-state index contributed by atoms with van der Waals surface area (Å²) in [4.78, 5) is -1.47. The highest BCUT2D eigenvalue weighted by atomic mass is 32.1. The average Bonchev–Trinajstić information content (AvgIpc) is 2.91. The number of phenols is 1. The first-order valence-electron chi connectivity index (χ1n) is 12.1. The summed E-state index contributed by atoms with van der Waals surface area (Å²) in [6.45, 7) is 2.94. The van der Waals surface area contributed by atoms with Crippen LogP contribution in [0.2, 0.25) is 0 Å². The molecule has 9 N–H and O–H groups in total. The van der Waals surface area contributed by atoms with Crippen LogP contribution in [0, 0.1) is 13.8 Å². The first-order chi connectivity index (χ1) is 18.3. The molecule has 0 spiro atoms. The molecule has 0 radical (unpaired) electrons. The van der Waals surface area contributed by atoms with Crippen molar-refractivity contribution in [1.82, 2.24) is 0 Å². The lowest BCUT2D eigenvalue weighted by atomic mass is 9.90. The Bertz CT molecular complexity index is 1010. The molecule has 220 valence electrons. The molecule has 39 heavy (non-hydrogen) atoms. The molecule has 0 unspecified atom stereocenters. The summed E-state index contributed by atoms with van der Waals surface area (Å²) in [5.74, 6) is 0.338. The molecule has 2 fully saturated rings. The molecule has 11 nitrogen and oxygen atoms in total. The van der Waals surface area contributed by atoms with E-state index in [0.717, 1.165) is 11.1 Å². The van der Waals surface area contributed by atoms with Crippen molar-refractivity contribution < 1.29 is 55.4 Å². The zero-order valence-electron chi connectivity index (χ0n) is 21.5. The second kappa shape index (κ2) is 15.0. The van der Waals surface area contributed by atoms with Crippen molar-refractivity contribution in [2.75, 3.05) is 13.2 Å². The number of benzene rings is 2. The van der Waals surface area contributed by atoms with Gasteiger partial charge in [-0.3, -0.25) is 0 Å². The van der Waals surface area contributed by atoms with Crippen LogP contribution >= 0.6 is 25.3 Å². The standard InChI is InChI=1S/C13H18O5S.C7H8O.C6H12O5S/c1-7-3-2-4-8(5-7)13(19)12(17)11(16)10(15)9(6-14)18-13;1-6-3-2-4-7(8)5-6;7-1-2-3(8)4(9)5(10)6(12)11-2/h2-5,9-12,14-17,19H,6H2,1H3;2-5,8H,1H3;2-10,12H,1H2/t9-,10-,11+,12-,13+;;2-,3-,4+,5-,6-/m1.1/s1. The molecule has 2 saturated heterocycles. The number of hydrogen-bond acceptors (Lipinski definition) is 13. The molecular weight excluding hydrogens is 552 g/mol. The summed E-state index contributed by atoms with van der Waals surface area (Å²) in [6, 6.07) is 14.3. The average molecular weight is 591 g/mol. The number of aliphatic hydroxyl groups is 8. The molecule has 0 amide bonds. The maximum Gasteiger partial charge on any atom is 0.165 e. The van der Waals surface area contributed by atoms with E-state index in [1.165, 1.54) is 0 Å². The minimum Gasteiger partial charge on any atom is -0.508 e. The van der Waals surface area contributed by atoms with Crippen molar-refractivity contribution in [3.63, 3.8) is 0 Å². The second-order valence-electron chi connectivity index (χ2n) is 9.39. The van der Waals surface area contributed by atoms with E-state index < -0.39 is 72.4 Å². The lowest BCUT2D eigenvalue weighted by Crippen LogP contribution is -2.61. The predicted octanol–water partition coefficient (Wildman–Crippen LogP) is -1.03. The van der Waals surface area contributed by atoms with Crippen molar-refractivity contribution in [2.24, 2.45) is 0 Å². The topological polar surface area (TPSA) is 201 Å². The van der Waals surface area contributed by atoms with E-state index in [-0.39, 0.29) is 0 Å². The van der Waals surface area contributed by atoms with Crippen LogP contribution in [-0.2, 0) is 14.4 Å². The van der Waals surface area contributed by atoms with Gasteiger partial charge in [-0.1, -0.05) is 42.0 Å². The number of ether oxygens (including phenoxy) is 2. The van der Waals surface area contributed by atoms with Gasteiger partial charge >= 0.3 is 0 Å². The summed E-state index contributed by atoms with van der Waals surface area (Å²) in [5, 5.41) is 83.9. The highest BCUT2D eigenvalue weighted by Crippen LogP contribution is 2.41. The fraction of sp³-hybridized carbons (Fsp3) is 0.538. The van der Waals surface area contributed by atoms with E-state index in [2.05, 4.69) is 25.3 Å². The Hall–Kier alpha value is -1.46. The van der Waals surface area contributed by atoms with E-state index in [1.54, 1.807) is 30.3 Å². The van der Waals surface area contributed by atoms with Gasteiger partial charge < -0.3 is 55.4 Å². The normalized spacial score (nSPS) is 36.2. The summed E-state index contributed by atoms with van der Waals surface area (Å²) in [7, 11) is 0. The lowest BCUT2D eigenvalue weighted by Gasteiger charge is -2.46. The Kier molecular flexibility index (Phi) is 12.9. The molecule has 0 bridgehead atoms. The number of hydrogen-bond donors (Lipinski definition) is 11. The van der Waals surface area contributed by atoms with E-state index in [9.17, 15) is 30.6 Å². The largest absolute Gasteiger partial charge is 0.508 e. The molecule has 4 rings (SSSR count). The fourth-order valence-electron chi connectivity index (χ4n) is 3.97. The van der Waals surface area contributed by atoms with E-state index >= 15 is 0 Å². The Labute approximate surface area is 237 Å². The first kappa shape index (κ1) is 33.7. The minimum absolute atomic E-state index is 0.338. The number of thiol groups is 2. The molecule has 2 aromatic rings. The van der Waals surface area contributed by atoms with Gasteiger partial charge in [0.15, 0.2) is 4.93 Å². The van der Waals surface area contributed by atoms with Crippen LogP contribution in [0.3, 0.4) is 0 Å². The second-order valence-corrected chi connectivity index (χ2v) is 10.6. The van der Waals surface area contributed by atoms with E-state index in [0.29, 0.717) is 11.3 Å². The maximum absolute atomic E-state index is 10.1. The summed E-state index contributed by atoms with van der Waals surface area (Å²) >= 11 is 8.16. The van der Waals surface area contributed by atoms with Gasteiger partial charge in [0.1, 0.15) is 60.0 Å². The third-order valence-corrected chi connectivity index (χ3v) is 7.32. The van der Waals surface area contributed by atoms with Crippen LogP contribution < -0.4 is 0 Å². The Morgan fingerprint density at radius 1 is 0.744 bits per heavy atom. The number of rotatable bonds is 3.